The molecule has 1 aliphatic carbocycles. The van der Waals surface area contributed by atoms with Crippen molar-refractivity contribution in [3.05, 3.63) is 41.7 Å². The van der Waals surface area contributed by atoms with Gasteiger partial charge in [-0.3, -0.25) is 4.90 Å². The highest BCUT2D eigenvalue weighted by Crippen LogP contribution is 2.34. The Kier molecular flexibility index (Phi) is 3.89. The highest BCUT2D eigenvalue weighted by molar-refractivity contribution is 5.15. The number of hydrogen-bond acceptors (Lipinski definition) is 4. The fourth-order valence-corrected chi connectivity index (χ4v) is 3.42. The van der Waals surface area contributed by atoms with Crippen LogP contribution in [0.15, 0.2) is 30.3 Å². The molecule has 2 fully saturated rings. The summed E-state index contributed by atoms with van der Waals surface area (Å²) < 4.78 is 2.04. The number of likely N-dealkylation sites (tertiary alicyclic amines) is 1. The monoisotopic (exact) mass is 297 g/mol. The van der Waals surface area contributed by atoms with E-state index >= 15 is 0 Å². The highest BCUT2D eigenvalue weighted by Gasteiger charge is 2.29. The molecular weight excluding hydrogens is 274 g/mol. The maximum absolute atomic E-state index is 4.22. The molecule has 0 atom stereocenters. The van der Waals surface area contributed by atoms with Crippen molar-refractivity contribution in [2.75, 3.05) is 13.1 Å². The van der Waals surface area contributed by atoms with Gasteiger partial charge in [0, 0.05) is 0 Å². The Bertz CT molecular complexity index is 597. The van der Waals surface area contributed by atoms with Crippen molar-refractivity contribution in [2.45, 2.75) is 44.7 Å². The van der Waals surface area contributed by atoms with E-state index < -0.39 is 0 Å². The third-order valence-electron chi connectivity index (χ3n) is 4.89. The minimum atomic E-state index is 0.570. The van der Waals surface area contributed by atoms with E-state index in [1.165, 1.54) is 37.7 Å². The number of nitrogens with zero attached hydrogens (tertiary/aromatic N) is 5. The van der Waals surface area contributed by atoms with Crippen molar-refractivity contribution in [1.82, 2.24) is 25.1 Å². The molecule has 0 unspecified atom stereocenters. The Morgan fingerprint density at radius 3 is 2.50 bits per heavy atom. The molecule has 2 aromatic rings. The first kappa shape index (κ1) is 13.9. The fourth-order valence-electron chi connectivity index (χ4n) is 3.42. The quantitative estimate of drug-likeness (QED) is 0.850. The van der Waals surface area contributed by atoms with Crippen LogP contribution < -0.4 is 0 Å². The van der Waals surface area contributed by atoms with Gasteiger partial charge in [-0.2, -0.15) is 0 Å². The molecule has 1 saturated carbocycles. The maximum atomic E-state index is 4.22. The van der Waals surface area contributed by atoms with E-state index in [0.29, 0.717) is 6.04 Å². The number of hydrogen-bond donors (Lipinski definition) is 0. The molecule has 1 aliphatic heterocycles. The minimum Gasteiger partial charge on any atom is -0.296 e. The second-order valence-corrected chi connectivity index (χ2v) is 6.68. The standard InChI is InChI=1S/C17H23N5/c1-2-4-14(5-3-1)12-15-8-10-21(11-9-15)13-17-18-19-20-22(17)16-6-7-16/h1-5,15-16H,6-13H2. The van der Waals surface area contributed by atoms with Gasteiger partial charge in [0.25, 0.3) is 0 Å². The zero-order valence-electron chi connectivity index (χ0n) is 12.9. The molecule has 2 aliphatic rings. The van der Waals surface area contributed by atoms with E-state index in [1.807, 2.05) is 4.68 Å². The SMILES string of the molecule is c1ccc(CC2CCN(Cc3nnnn3C3CC3)CC2)cc1. The van der Waals surface area contributed by atoms with Gasteiger partial charge in [-0.15, -0.1) is 5.10 Å². The van der Waals surface area contributed by atoms with Gasteiger partial charge < -0.3 is 0 Å². The summed E-state index contributed by atoms with van der Waals surface area (Å²) in [5.74, 6) is 1.86. The zero-order valence-corrected chi connectivity index (χ0v) is 12.9. The lowest BCUT2D eigenvalue weighted by atomic mass is 9.90. The molecule has 5 heteroatoms. The smallest absolute Gasteiger partial charge is 0.165 e. The second-order valence-electron chi connectivity index (χ2n) is 6.68. The number of rotatable bonds is 5. The first-order valence-corrected chi connectivity index (χ1v) is 8.41. The van der Waals surface area contributed by atoms with Gasteiger partial charge in [0.15, 0.2) is 5.82 Å². The summed E-state index contributed by atoms with van der Waals surface area (Å²) in [6.07, 6.45) is 6.24. The van der Waals surface area contributed by atoms with Crippen molar-refractivity contribution in [1.29, 1.82) is 0 Å². The molecule has 0 bridgehead atoms. The van der Waals surface area contributed by atoms with E-state index in [0.717, 1.165) is 31.4 Å². The Morgan fingerprint density at radius 2 is 1.77 bits per heavy atom. The van der Waals surface area contributed by atoms with Crippen LogP contribution in [0.4, 0.5) is 0 Å². The molecule has 5 nitrogen and oxygen atoms in total. The average Bonchev–Trinajstić information content (AvgIpc) is 3.30. The van der Waals surface area contributed by atoms with Crippen LogP contribution in [0.1, 0.15) is 43.1 Å². The first-order valence-electron chi connectivity index (χ1n) is 8.41. The lowest BCUT2D eigenvalue weighted by molar-refractivity contribution is 0.171. The van der Waals surface area contributed by atoms with Crippen LogP contribution in [-0.4, -0.2) is 38.2 Å². The molecule has 1 aromatic carbocycles. The highest BCUT2D eigenvalue weighted by atomic mass is 15.6. The lowest BCUT2D eigenvalue weighted by Crippen LogP contribution is -2.34. The molecule has 0 N–H and O–H groups in total. The predicted molar refractivity (Wildman–Crippen MR) is 84.2 cm³/mol. The van der Waals surface area contributed by atoms with Crippen molar-refractivity contribution in [3.8, 4) is 0 Å². The summed E-state index contributed by atoms with van der Waals surface area (Å²) in [7, 11) is 0. The van der Waals surface area contributed by atoms with Crippen LogP contribution in [0.2, 0.25) is 0 Å². The number of tetrazole rings is 1. The predicted octanol–water partition coefficient (Wildman–Crippen LogP) is 2.46. The molecule has 0 spiro atoms. The molecule has 22 heavy (non-hydrogen) atoms. The molecular formula is C17H23N5. The Balaban J connectivity index is 1.29. The van der Waals surface area contributed by atoms with Crippen LogP contribution in [0.5, 0.6) is 0 Å². The first-order chi connectivity index (χ1) is 10.9. The van der Waals surface area contributed by atoms with Crippen molar-refractivity contribution < 1.29 is 0 Å². The molecule has 0 amide bonds. The minimum absolute atomic E-state index is 0.570. The summed E-state index contributed by atoms with van der Waals surface area (Å²) in [5.41, 5.74) is 1.47. The summed E-state index contributed by atoms with van der Waals surface area (Å²) in [6, 6.07) is 11.4. The number of aromatic nitrogens is 4. The summed E-state index contributed by atoms with van der Waals surface area (Å²) >= 11 is 0. The normalized spacial score (nSPS) is 20.4. The molecule has 4 rings (SSSR count). The third-order valence-corrected chi connectivity index (χ3v) is 4.89. The topological polar surface area (TPSA) is 46.8 Å². The van der Waals surface area contributed by atoms with Gasteiger partial charge >= 0.3 is 0 Å². The van der Waals surface area contributed by atoms with E-state index in [-0.39, 0.29) is 0 Å². The van der Waals surface area contributed by atoms with Crippen molar-refractivity contribution in [2.24, 2.45) is 5.92 Å². The second kappa shape index (κ2) is 6.16. The fraction of sp³-hybridized carbons (Fsp3) is 0.588. The zero-order chi connectivity index (χ0) is 14.8. The largest absolute Gasteiger partial charge is 0.296 e. The van der Waals surface area contributed by atoms with Gasteiger partial charge in [-0.25, -0.2) is 4.68 Å². The van der Waals surface area contributed by atoms with Gasteiger partial charge in [0.05, 0.1) is 12.6 Å². The van der Waals surface area contributed by atoms with Gasteiger partial charge in [0.1, 0.15) is 0 Å². The van der Waals surface area contributed by atoms with Crippen LogP contribution in [0, 0.1) is 5.92 Å². The van der Waals surface area contributed by atoms with Crippen LogP contribution >= 0.6 is 0 Å². The van der Waals surface area contributed by atoms with E-state index in [2.05, 4.69) is 50.8 Å². The van der Waals surface area contributed by atoms with Crippen LogP contribution in [0.25, 0.3) is 0 Å². The van der Waals surface area contributed by atoms with Crippen molar-refractivity contribution in [3.63, 3.8) is 0 Å². The van der Waals surface area contributed by atoms with E-state index in [9.17, 15) is 0 Å². The number of piperidine rings is 1. The summed E-state index contributed by atoms with van der Waals surface area (Å²) in [6.45, 7) is 3.23. The van der Waals surface area contributed by atoms with Gasteiger partial charge in [-0.1, -0.05) is 30.3 Å². The molecule has 0 radical (unpaired) electrons. The van der Waals surface area contributed by atoms with Crippen LogP contribution in [-0.2, 0) is 13.0 Å². The lowest BCUT2D eigenvalue weighted by Gasteiger charge is -2.31. The molecule has 2 heterocycles. The summed E-state index contributed by atoms with van der Waals surface area (Å²) in [4.78, 5) is 2.51. The van der Waals surface area contributed by atoms with Gasteiger partial charge in [-0.05, 0) is 67.1 Å². The Morgan fingerprint density at radius 1 is 1.00 bits per heavy atom. The number of benzene rings is 1. The van der Waals surface area contributed by atoms with Crippen molar-refractivity contribution >= 4 is 0 Å². The van der Waals surface area contributed by atoms with Gasteiger partial charge in [0.2, 0.25) is 0 Å². The van der Waals surface area contributed by atoms with Crippen LogP contribution in [0.3, 0.4) is 0 Å². The molecule has 116 valence electrons. The third kappa shape index (κ3) is 3.19. The van der Waals surface area contributed by atoms with E-state index in [4.69, 9.17) is 0 Å². The molecule has 1 aromatic heterocycles. The van der Waals surface area contributed by atoms with E-state index in [1.54, 1.807) is 0 Å². The molecule has 1 saturated heterocycles. The summed E-state index contributed by atoms with van der Waals surface area (Å²) in [5, 5.41) is 12.2. The maximum Gasteiger partial charge on any atom is 0.165 e. The Hall–Kier alpha value is -1.75. The Labute approximate surface area is 131 Å². The average molecular weight is 297 g/mol.